The van der Waals surface area contributed by atoms with Crippen LogP contribution in [-0.4, -0.2) is 18.1 Å². The summed E-state index contributed by atoms with van der Waals surface area (Å²) in [7, 11) is 1.31. The molecule has 0 saturated carbocycles. The van der Waals surface area contributed by atoms with E-state index >= 15 is 0 Å². The molecular formula is C11H9ClN2O2. The van der Waals surface area contributed by atoms with Crippen molar-refractivity contribution in [2.24, 2.45) is 0 Å². The maximum atomic E-state index is 11.5. The van der Waals surface area contributed by atoms with Crippen molar-refractivity contribution in [3.05, 3.63) is 35.1 Å². The molecule has 4 nitrogen and oxygen atoms in total. The van der Waals surface area contributed by atoms with E-state index in [9.17, 15) is 4.79 Å². The molecule has 1 heterocycles. The van der Waals surface area contributed by atoms with E-state index in [1.54, 1.807) is 18.2 Å². The first-order valence-corrected chi connectivity index (χ1v) is 4.94. The van der Waals surface area contributed by atoms with E-state index in [4.69, 9.17) is 17.3 Å². The van der Waals surface area contributed by atoms with Gasteiger partial charge in [-0.05, 0) is 12.1 Å². The SMILES string of the molecule is COC(=O)c1nccc2c(N)c(Cl)ccc12. The van der Waals surface area contributed by atoms with Gasteiger partial charge in [0.2, 0.25) is 0 Å². The molecule has 0 aliphatic rings. The summed E-state index contributed by atoms with van der Waals surface area (Å²) >= 11 is 5.89. The standard InChI is InChI=1S/C11H9ClN2O2/c1-16-11(15)10-7-2-3-8(12)9(13)6(7)4-5-14-10/h2-5H,13H2,1H3. The Morgan fingerprint density at radius 2 is 2.12 bits per heavy atom. The quantitative estimate of drug-likeness (QED) is 0.609. The van der Waals surface area contributed by atoms with Gasteiger partial charge >= 0.3 is 5.97 Å². The number of esters is 1. The molecule has 0 spiro atoms. The summed E-state index contributed by atoms with van der Waals surface area (Å²) in [5.41, 5.74) is 6.49. The molecule has 0 radical (unpaired) electrons. The van der Waals surface area contributed by atoms with Gasteiger partial charge in [-0.3, -0.25) is 0 Å². The average Bonchev–Trinajstić information content (AvgIpc) is 2.32. The van der Waals surface area contributed by atoms with Crippen molar-refractivity contribution < 1.29 is 9.53 Å². The van der Waals surface area contributed by atoms with Crippen LogP contribution in [0.3, 0.4) is 0 Å². The van der Waals surface area contributed by atoms with Crippen LogP contribution in [-0.2, 0) is 4.74 Å². The van der Waals surface area contributed by atoms with Gasteiger partial charge in [-0.2, -0.15) is 0 Å². The molecule has 0 fully saturated rings. The number of hydrogen-bond acceptors (Lipinski definition) is 4. The minimum absolute atomic E-state index is 0.239. The molecule has 0 saturated heterocycles. The molecule has 82 valence electrons. The number of pyridine rings is 1. The predicted octanol–water partition coefficient (Wildman–Crippen LogP) is 2.26. The van der Waals surface area contributed by atoms with Gasteiger partial charge in [-0.1, -0.05) is 17.7 Å². The van der Waals surface area contributed by atoms with Crippen LogP contribution in [0.25, 0.3) is 10.8 Å². The van der Waals surface area contributed by atoms with Crippen LogP contribution in [0.1, 0.15) is 10.5 Å². The second-order valence-corrected chi connectivity index (χ2v) is 3.61. The molecule has 2 aromatic rings. The number of nitrogens with two attached hydrogens (primary N) is 1. The maximum absolute atomic E-state index is 11.5. The molecule has 0 unspecified atom stereocenters. The van der Waals surface area contributed by atoms with Crippen molar-refractivity contribution in [1.29, 1.82) is 0 Å². The lowest BCUT2D eigenvalue weighted by Crippen LogP contribution is -2.05. The Morgan fingerprint density at radius 3 is 2.81 bits per heavy atom. The minimum Gasteiger partial charge on any atom is -0.464 e. The number of nitrogen functional groups attached to an aromatic ring is 1. The molecule has 2 N–H and O–H groups in total. The number of carbonyl (C=O) groups is 1. The normalized spacial score (nSPS) is 10.4. The lowest BCUT2D eigenvalue weighted by Gasteiger charge is -2.06. The van der Waals surface area contributed by atoms with Crippen LogP contribution in [0.4, 0.5) is 5.69 Å². The second-order valence-electron chi connectivity index (χ2n) is 3.21. The summed E-state index contributed by atoms with van der Waals surface area (Å²) in [6, 6.07) is 5.05. The van der Waals surface area contributed by atoms with Crippen molar-refractivity contribution >= 4 is 34.0 Å². The van der Waals surface area contributed by atoms with E-state index in [1.165, 1.54) is 13.3 Å². The van der Waals surface area contributed by atoms with Gasteiger partial charge in [-0.15, -0.1) is 0 Å². The molecule has 0 atom stereocenters. The summed E-state index contributed by atoms with van der Waals surface area (Å²) in [5.74, 6) is -0.493. The number of fused-ring (bicyclic) bond motifs is 1. The van der Waals surface area contributed by atoms with Gasteiger partial charge in [-0.25, -0.2) is 9.78 Å². The lowest BCUT2D eigenvalue weighted by molar-refractivity contribution is 0.0596. The van der Waals surface area contributed by atoms with E-state index in [0.717, 1.165) is 0 Å². The molecule has 16 heavy (non-hydrogen) atoms. The summed E-state index contributed by atoms with van der Waals surface area (Å²) < 4.78 is 4.64. The largest absolute Gasteiger partial charge is 0.464 e. The second kappa shape index (κ2) is 3.98. The number of aromatic nitrogens is 1. The topological polar surface area (TPSA) is 65.2 Å². The van der Waals surface area contributed by atoms with Crippen LogP contribution in [0.5, 0.6) is 0 Å². The molecule has 1 aromatic carbocycles. The first-order chi connectivity index (χ1) is 7.65. The third-order valence-electron chi connectivity index (χ3n) is 2.31. The Hall–Kier alpha value is -1.81. The van der Waals surface area contributed by atoms with Gasteiger partial charge < -0.3 is 10.5 Å². The molecule has 2 rings (SSSR count). The van der Waals surface area contributed by atoms with Gasteiger partial charge in [0.1, 0.15) is 0 Å². The fourth-order valence-electron chi connectivity index (χ4n) is 1.51. The highest BCUT2D eigenvalue weighted by atomic mass is 35.5. The van der Waals surface area contributed by atoms with Gasteiger partial charge in [0.15, 0.2) is 5.69 Å². The molecule has 0 aliphatic carbocycles. The monoisotopic (exact) mass is 236 g/mol. The number of hydrogen-bond donors (Lipinski definition) is 1. The molecule has 0 aliphatic heterocycles. The van der Waals surface area contributed by atoms with Gasteiger partial charge in [0.05, 0.1) is 17.8 Å². The Kier molecular flexibility index (Phi) is 2.66. The summed E-state index contributed by atoms with van der Waals surface area (Å²) in [5, 5.41) is 1.79. The van der Waals surface area contributed by atoms with Crippen LogP contribution < -0.4 is 5.73 Å². The molecular weight excluding hydrogens is 228 g/mol. The fourth-order valence-corrected chi connectivity index (χ4v) is 1.68. The number of benzene rings is 1. The summed E-state index contributed by atoms with van der Waals surface area (Å²) in [6.45, 7) is 0. The zero-order valence-corrected chi connectivity index (χ0v) is 9.28. The van der Waals surface area contributed by atoms with Crippen LogP contribution in [0.2, 0.25) is 5.02 Å². The smallest absolute Gasteiger partial charge is 0.357 e. The van der Waals surface area contributed by atoms with Crippen LogP contribution in [0, 0.1) is 0 Å². The number of anilines is 1. The minimum atomic E-state index is -0.493. The summed E-state index contributed by atoms with van der Waals surface area (Å²) in [4.78, 5) is 15.4. The van der Waals surface area contributed by atoms with Crippen molar-refractivity contribution in [3.8, 4) is 0 Å². The first kappa shape index (κ1) is 10.7. The van der Waals surface area contributed by atoms with E-state index in [2.05, 4.69) is 9.72 Å². The molecule has 0 bridgehead atoms. The Balaban J connectivity index is 2.79. The fraction of sp³-hybridized carbons (Fsp3) is 0.0909. The van der Waals surface area contributed by atoms with E-state index in [1.807, 2.05) is 0 Å². The van der Waals surface area contributed by atoms with E-state index in [0.29, 0.717) is 21.5 Å². The predicted molar refractivity (Wildman–Crippen MR) is 62.5 cm³/mol. The molecule has 5 heteroatoms. The number of nitrogens with zero attached hydrogens (tertiary/aromatic N) is 1. The number of ether oxygens (including phenoxy) is 1. The lowest BCUT2D eigenvalue weighted by atomic mass is 10.1. The zero-order valence-electron chi connectivity index (χ0n) is 8.53. The molecule has 0 amide bonds. The highest BCUT2D eigenvalue weighted by Crippen LogP contribution is 2.29. The number of carbonyl (C=O) groups excluding carboxylic acids is 1. The Labute approximate surface area is 97.0 Å². The first-order valence-electron chi connectivity index (χ1n) is 4.56. The number of rotatable bonds is 1. The third-order valence-corrected chi connectivity index (χ3v) is 2.64. The van der Waals surface area contributed by atoms with E-state index in [-0.39, 0.29) is 5.69 Å². The number of halogens is 1. The van der Waals surface area contributed by atoms with Gasteiger partial charge in [0, 0.05) is 17.0 Å². The average molecular weight is 237 g/mol. The van der Waals surface area contributed by atoms with Crippen molar-refractivity contribution in [2.45, 2.75) is 0 Å². The summed E-state index contributed by atoms with van der Waals surface area (Å²) in [6.07, 6.45) is 1.50. The number of methoxy groups -OCH3 is 1. The van der Waals surface area contributed by atoms with Crippen LogP contribution in [0.15, 0.2) is 24.4 Å². The highest BCUT2D eigenvalue weighted by molar-refractivity contribution is 6.34. The third kappa shape index (κ3) is 1.57. The maximum Gasteiger partial charge on any atom is 0.357 e. The molecule has 1 aromatic heterocycles. The van der Waals surface area contributed by atoms with Gasteiger partial charge in [0.25, 0.3) is 0 Å². The zero-order chi connectivity index (χ0) is 11.7. The van der Waals surface area contributed by atoms with E-state index < -0.39 is 5.97 Å². The Morgan fingerprint density at radius 1 is 1.38 bits per heavy atom. The van der Waals surface area contributed by atoms with Crippen molar-refractivity contribution in [2.75, 3.05) is 12.8 Å². The van der Waals surface area contributed by atoms with Crippen LogP contribution >= 0.6 is 11.6 Å². The Bertz CT molecular complexity index is 569. The van der Waals surface area contributed by atoms with Crippen molar-refractivity contribution in [3.63, 3.8) is 0 Å². The van der Waals surface area contributed by atoms with Crippen molar-refractivity contribution in [1.82, 2.24) is 4.98 Å². The highest BCUT2D eigenvalue weighted by Gasteiger charge is 2.13.